The Morgan fingerprint density at radius 3 is 2.39 bits per heavy atom. The van der Waals surface area contributed by atoms with E-state index in [-0.39, 0.29) is 17.1 Å². The van der Waals surface area contributed by atoms with E-state index < -0.39 is 0 Å². The first-order valence-corrected chi connectivity index (χ1v) is 13.3. The quantitative estimate of drug-likeness (QED) is 0.447. The molecule has 0 bridgehead atoms. The molecule has 2 aliphatic carbocycles. The molecule has 0 aromatic heterocycles. The zero-order chi connectivity index (χ0) is 25.3. The molecule has 192 valence electrons. The highest BCUT2D eigenvalue weighted by atomic mass is 16.5. The number of hydrogen-bond acceptors (Lipinski definition) is 4. The van der Waals surface area contributed by atoms with Gasteiger partial charge in [-0.2, -0.15) is 0 Å². The highest BCUT2D eigenvalue weighted by Crippen LogP contribution is 2.50. The number of urea groups is 1. The van der Waals surface area contributed by atoms with E-state index in [0.717, 1.165) is 55.8 Å². The molecule has 5 rings (SSSR count). The van der Waals surface area contributed by atoms with Crippen LogP contribution in [0, 0.1) is 5.92 Å². The van der Waals surface area contributed by atoms with Gasteiger partial charge in [-0.15, -0.1) is 0 Å². The molecule has 2 aromatic carbocycles. The fourth-order valence-corrected chi connectivity index (χ4v) is 6.69. The van der Waals surface area contributed by atoms with Gasteiger partial charge in [-0.1, -0.05) is 36.8 Å². The fraction of sp³-hybridized carbons (Fsp3) is 0.533. The fourth-order valence-electron chi connectivity index (χ4n) is 6.69. The van der Waals surface area contributed by atoms with Crippen LogP contribution < -0.4 is 9.64 Å². The van der Waals surface area contributed by atoms with E-state index in [1.54, 1.807) is 7.11 Å². The molecule has 2 amide bonds. The third-order valence-corrected chi connectivity index (χ3v) is 9.19. The summed E-state index contributed by atoms with van der Waals surface area (Å²) < 4.78 is 5.46. The maximum absolute atomic E-state index is 14.1. The van der Waals surface area contributed by atoms with Gasteiger partial charge in [-0.05, 0) is 89.0 Å². The first-order chi connectivity index (χ1) is 17.4. The summed E-state index contributed by atoms with van der Waals surface area (Å²) in [6.07, 6.45) is 7.83. The topological polar surface area (TPSA) is 48.4 Å². The summed E-state index contributed by atoms with van der Waals surface area (Å²) in [4.78, 5) is 24.9. The zero-order valence-electron chi connectivity index (χ0n) is 22.1. The summed E-state index contributed by atoms with van der Waals surface area (Å²) >= 11 is 0. The van der Waals surface area contributed by atoms with Crippen LogP contribution in [0.4, 0.5) is 10.5 Å². The minimum Gasteiger partial charge on any atom is -0.497 e. The van der Waals surface area contributed by atoms with Crippen molar-refractivity contribution in [3.8, 4) is 5.75 Å². The number of nitrogens with zero attached hydrogens (tertiary/aromatic N) is 4. The van der Waals surface area contributed by atoms with E-state index in [1.165, 1.54) is 24.8 Å². The second kappa shape index (κ2) is 9.89. The van der Waals surface area contributed by atoms with Crippen molar-refractivity contribution in [3.05, 3.63) is 59.7 Å². The van der Waals surface area contributed by atoms with Crippen LogP contribution in [0.15, 0.2) is 53.5 Å². The molecule has 0 radical (unpaired) electrons. The summed E-state index contributed by atoms with van der Waals surface area (Å²) in [5.41, 5.74) is 3.17. The number of rotatable bonds is 8. The van der Waals surface area contributed by atoms with Gasteiger partial charge < -0.3 is 9.64 Å². The number of ether oxygens (including phenoxy) is 1. The molecule has 36 heavy (non-hydrogen) atoms. The molecule has 3 aliphatic rings. The SMILES string of the molecule is C=NCc1cc(OC)ccc1N1C[C@]2(CC[C@](c3ccccc3)(N(C)C)CC2)N(CC2CCC2)C1=O. The van der Waals surface area contributed by atoms with Crippen LogP contribution in [0.5, 0.6) is 5.75 Å². The van der Waals surface area contributed by atoms with Crippen molar-refractivity contribution in [2.75, 3.05) is 39.2 Å². The second-order valence-electron chi connectivity index (χ2n) is 11.2. The van der Waals surface area contributed by atoms with Crippen molar-refractivity contribution in [2.45, 2.75) is 62.6 Å². The lowest BCUT2D eigenvalue weighted by Crippen LogP contribution is -2.56. The number of amides is 2. The molecule has 0 unspecified atom stereocenters. The summed E-state index contributed by atoms with van der Waals surface area (Å²) in [6.45, 7) is 5.77. The molecule has 6 heteroatoms. The zero-order valence-corrected chi connectivity index (χ0v) is 22.1. The lowest BCUT2D eigenvalue weighted by molar-refractivity contribution is 0.0172. The minimum atomic E-state index is -0.139. The van der Waals surface area contributed by atoms with Crippen LogP contribution >= 0.6 is 0 Å². The Morgan fingerprint density at radius 2 is 1.81 bits per heavy atom. The van der Waals surface area contributed by atoms with Gasteiger partial charge >= 0.3 is 6.03 Å². The number of methoxy groups -OCH3 is 1. The van der Waals surface area contributed by atoms with E-state index in [2.05, 4.69) is 65.9 Å². The number of aliphatic imine (C=N–C) groups is 1. The molecule has 1 saturated heterocycles. The van der Waals surface area contributed by atoms with Gasteiger partial charge in [0.2, 0.25) is 0 Å². The van der Waals surface area contributed by atoms with Crippen molar-refractivity contribution in [1.29, 1.82) is 0 Å². The van der Waals surface area contributed by atoms with Gasteiger partial charge in [-0.25, -0.2) is 4.79 Å². The van der Waals surface area contributed by atoms with Gasteiger partial charge in [0.1, 0.15) is 5.75 Å². The predicted octanol–water partition coefficient (Wildman–Crippen LogP) is 5.71. The lowest BCUT2D eigenvalue weighted by atomic mass is 9.68. The van der Waals surface area contributed by atoms with Gasteiger partial charge in [0, 0.05) is 17.6 Å². The molecule has 0 N–H and O–H groups in total. The Labute approximate surface area is 215 Å². The smallest absolute Gasteiger partial charge is 0.325 e. The predicted molar refractivity (Wildman–Crippen MR) is 146 cm³/mol. The second-order valence-corrected chi connectivity index (χ2v) is 11.2. The molecule has 3 fully saturated rings. The Hall–Kier alpha value is -2.86. The molecule has 1 spiro atoms. The monoisotopic (exact) mass is 488 g/mol. The van der Waals surface area contributed by atoms with Gasteiger partial charge in [0.05, 0.1) is 31.4 Å². The Kier molecular flexibility index (Phi) is 6.82. The molecule has 2 aromatic rings. The van der Waals surface area contributed by atoms with Crippen molar-refractivity contribution >= 4 is 18.4 Å². The van der Waals surface area contributed by atoms with Crippen molar-refractivity contribution < 1.29 is 9.53 Å². The van der Waals surface area contributed by atoms with E-state index in [1.807, 2.05) is 23.1 Å². The van der Waals surface area contributed by atoms with Crippen molar-refractivity contribution in [3.63, 3.8) is 0 Å². The van der Waals surface area contributed by atoms with Crippen LogP contribution in [0.25, 0.3) is 0 Å². The largest absolute Gasteiger partial charge is 0.497 e. The van der Waals surface area contributed by atoms with E-state index >= 15 is 0 Å². The molecule has 1 aliphatic heterocycles. The number of benzene rings is 2. The van der Waals surface area contributed by atoms with Crippen LogP contribution in [0.3, 0.4) is 0 Å². The first-order valence-electron chi connectivity index (χ1n) is 13.3. The Balaban J connectivity index is 1.48. The Bertz CT molecular complexity index is 1090. The summed E-state index contributed by atoms with van der Waals surface area (Å²) in [7, 11) is 6.08. The molecule has 2 saturated carbocycles. The highest BCUT2D eigenvalue weighted by molar-refractivity contribution is 5.96. The lowest BCUT2D eigenvalue weighted by Gasteiger charge is -2.51. The van der Waals surface area contributed by atoms with Crippen molar-refractivity contribution in [1.82, 2.24) is 9.80 Å². The summed E-state index contributed by atoms with van der Waals surface area (Å²) in [6, 6.07) is 17.0. The standard InChI is InChI=1S/C30H40N4O2/c1-31-20-24-19-26(36-4)13-14-27(24)33-22-29(34(28(33)35)21-23-9-8-10-23)15-17-30(18-16-29,32(2)3)25-11-6-5-7-12-25/h5-7,11-14,19,23H,1,8-10,15-18,20-22H2,2-4H3/t29-,30+. The van der Waals surface area contributed by atoms with E-state index in [4.69, 9.17) is 4.74 Å². The summed E-state index contributed by atoms with van der Waals surface area (Å²) in [5.74, 6) is 1.41. The summed E-state index contributed by atoms with van der Waals surface area (Å²) in [5, 5.41) is 0. The molecule has 6 nitrogen and oxygen atoms in total. The average Bonchev–Trinajstić information content (AvgIpc) is 3.13. The molecular weight excluding hydrogens is 448 g/mol. The third kappa shape index (κ3) is 4.19. The molecule has 1 heterocycles. The normalized spacial score (nSPS) is 26.5. The first kappa shape index (κ1) is 24.8. The molecule has 0 atom stereocenters. The van der Waals surface area contributed by atoms with Crippen LogP contribution in [0.1, 0.15) is 56.1 Å². The maximum atomic E-state index is 14.1. The third-order valence-electron chi connectivity index (χ3n) is 9.19. The van der Waals surface area contributed by atoms with Gasteiger partial charge in [0.25, 0.3) is 0 Å². The van der Waals surface area contributed by atoms with Crippen LogP contribution in [-0.4, -0.2) is 62.4 Å². The van der Waals surface area contributed by atoms with Crippen LogP contribution in [-0.2, 0) is 12.1 Å². The van der Waals surface area contributed by atoms with Gasteiger partial charge in [-0.3, -0.25) is 14.8 Å². The molecular formula is C30H40N4O2. The number of hydrogen-bond donors (Lipinski definition) is 0. The van der Waals surface area contributed by atoms with Gasteiger partial charge in [0.15, 0.2) is 0 Å². The number of carbonyl (C=O) groups excluding carboxylic acids is 1. The average molecular weight is 489 g/mol. The maximum Gasteiger partial charge on any atom is 0.325 e. The number of anilines is 1. The Morgan fingerprint density at radius 1 is 1.08 bits per heavy atom. The minimum absolute atomic E-state index is 0.00313. The van der Waals surface area contributed by atoms with Crippen molar-refractivity contribution in [2.24, 2.45) is 10.9 Å². The van der Waals surface area contributed by atoms with Crippen LogP contribution in [0.2, 0.25) is 0 Å². The van der Waals surface area contributed by atoms with E-state index in [0.29, 0.717) is 12.5 Å². The van der Waals surface area contributed by atoms with E-state index in [9.17, 15) is 4.79 Å². The highest BCUT2D eigenvalue weighted by Gasteiger charge is 2.55. The number of carbonyl (C=O) groups is 1.